The van der Waals surface area contributed by atoms with Crippen LogP contribution >= 0.6 is 0 Å². The van der Waals surface area contributed by atoms with Crippen LogP contribution < -0.4 is 4.74 Å². The van der Waals surface area contributed by atoms with E-state index in [2.05, 4.69) is 0 Å². The molecule has 0 saturated carbocycles. The number of methoxy groups -OCH3 is 1. The Bertz CT molecular complexity index is 382. The molecule has 0 aromatic heterocycles. The summed E-state index contributed by atoms with van der Waals surface area (Å²) >= 11 is 0. The fourth-order valence-electron chi connectivity index (χ4n) is 1.36. The van der Waals surface area contributed by atoms with Gasteiger partial charge in [0.15, 0.2) is 0 Å². The first-order chi connectivity index (χ1) is 7.54. The van der Waals surface area contributed by atoms with Gasteiger partial charge in [-0.25, -0.2) is 0 Å². The Hall–Kier alpha value is -2.04. The van der Waals surface area contributed by atoms with E-state index in [1.807, 2.05) is 0 Å². The van der Waals surface area contributed by atoms with Crippen molar-refractivity contribution in [3.05, 3.63) is 29.8 Å². The molecular formula is C11H12O5. The highest BCUT2D eigenvalue weighted by Gasteiger charge is 2.22. The van der Waals surface area contributed by atoms with Gasteiger partial charge in [0.05, 0.1) is 19.4 Å². The average Bonchev–Trinajstić information content (AvgIpc) is 2.25. The van der Waals surface area contributed by atoms with E-state index in [4.69, 9.17) is 14.9 Å². The van der Waals surface area contributed by atoms with Gasteiger partial charge in [-0.1, -0.05) is 12.1 Å². The van der Waals surface area contributed by atoms with E-state index in [9.17, 15) is 9.59 Å². The van der Waals surface area contributed by atoms with Crippen molar-refractivity contribution < 1.29 is 24.5 Å². The van der Waals surface area contributed by atoms with Gasteiger partial charge in [-0.05, 0) is 17.7 Å². The first kappa shape index (κ1) is 12.0. The molecule has 0 bridgehead atoms. The molecule has 5 nitrogen and oxygen atoms in total. The first-order valence-corrected chi connectivity index (χ1v) is 4.63. The first-order valence-electron chi connectivity index (χ1n) is 4.63. The fraction of sp³-hybridized carbons (Fsp3) is 0.273. The SMILES string of the molecule is COc1ccc([C@H](CC(=O)O)C(=O)O)cc1. The number of carbonyl (C=O) groups is 2. The quantitative estimate of drug-likeness (QED) is 0.788. The summed E-state index contributed by atoms with van der Waals surface area (Å²) in [7, 11) is 1.50. The second-order valence-corrected chi connectivity index (χ2v) is 3.26. The van der Waals surface area contributed by atoms with E-state index >= 15 is 0 Å². The predicted octanol–water partition coefficient (Wildman–Crippen LogP) is 1.34. The summed E-state index contributed by atoms with van der Waals surface area (Å²) in [6.07, 6.45) is -0.429. The zero-order valence-corrected chi connectivity index (χ0v) is 8.71. The number of carboxylic acid groups (broad SMARTS) is 2. The third-order valence-corrected chi connectivity index (χ3v) is 2.20. The second kappa shape index (κ2) is 5.16. The average molecular weight is 224 g/mol. The summed E-state index contributed by atoms with van der Waals surface area (Å²) < 4.78 is 4.93. The van der Waals surface area contributed by atoms with E-state index < -0.39 is 24.3 Å². The van der Waals surface area contributed by atoms with E-state index in [0.717, 1.165) is 0 Å². The third kappa shape index (κ3) is 2.98. The molecule has 1 rings (SSSR count). The summed E-state index contributed by atoms with van der Waals surface area (Å²) in [6, 6.07) is 6.32. The lowest BCUT2D eigenvalue weighted by molar-refractivity contribution is -0.145. The van der Waals surface area contributed by atoms with Gasteiger partial charge in [0.25, 0.3) is 0 Å². The van der Waals surface area contributed by atoms with Crippen molar-refractivity contribution in [3.63, 3.8) is 0 Å². The number of carboxylic acids is 2. The van der Waals surface area contributed by atoms with E-state index in [1.54, 1.807) is 24.3 Å². The summed E-state index contributed by atoms with van der Waals surface area (Å²) in [5.74, 6) is -2.71. The Morgan fingerprint density at radius 2 is 1.81 bits per heavy atom. The Balaban J connectivity index is 2.92. The van der Waals surface area contributed by atoms with Crippen molar-refractivity contribution in [2.24, 2.45) is 0 Å². The molecule has 86 valence electrons. The number of rotatable bonds is 5. The maximum atomic E-state index is 10.9. The Morgan fingerprint density at radius 3 is 2.19 bits per heavy atom. The van der Waals surface area contributed by atoms with Gasteiger partial charge in [0.1, 0.15) is 5.75 Å². The number of hydrogen-bond acceptors (Lipinski definition) is 3. The van der Waals surface area contributed by atoms with E-state index in [0.29, 0.717) is 11.3 Å². The van der Waals surface area contributed by atoms with Crippen LogP contribution in [0.3, 0.4) is 0 Å². The van der Waals surface area contributed by atoms with Crippen molar-refractivity contribution in [3.8, 4) is 5.75 Å². The highest BCUT2D eigenvalue weighted by molar-refractivity contribution is 5.82. The molecule has 0 saturated heterocycles. The van der Waals surface area contributed by atoms with Crippen LogP contribution in [0.15, 0.2) is 24.3 Å². The minimum Gasteiger partial charge on any atom is -0.497 e. The lowest BCUT2D eigenvalue weighted by atomic mass is 9.96. The molecule has 1 atom stereocenters. The van der Waals surface area contributed by atoms with Crippen LogP contribution in [0.4, 0.5) is 0 Å². The van der Waals surface area contributed by atoms with Crippen molar-refractivity contribution in [2.75, 3.05) is 7.11 Å². The molecule has 0 aliphatic heterocycles. The largest absolute Gasteiger partial charge is 0.497 e. The number of benzene rings is 1. The summed E-state index contributed by atoms with van der Waals surface area (Å²) in [4.78, 5) is 21.4. The smallest absolute Gasteiger partial charge is 0.311 e. The molecule has 0 radical (unpaired) electrons. The summed E-state index contributed by atoms with van der Waals surface area (Å²) in [6.45, 7) is 0. The molecule has 0 unspecified atom stereocenters. The van der Waals surface area contributed by atoms with Crippen LogP contribution in [0.1, 0.15) is 17.9 Å². The van der Waals surface area contributed by atoms with E-state index in [1.165, 1.54) is 7.11 Å². The Kier molecular flexibility index (Phi) is 3.88. The molecular weight excluding hydrogens is 212 g/mol. The zero-order chi connectivity index (χ0) is 12.1. The summed E-state index contributed by atoms with van der Waals surface area (Å²) in [5.41, 5.74) is 0.454. The maximum Gasteiger partial charge on any atom is 0.311 e. The van der Waals surface area contributed by atoms with Gasteiger partial charge >= 0.3 is 11.9 Å². The molecule has 0 aliphatic rings. The fourth-order valence-corrected chi connectivity index (χ4v) is 1.36. The molecule has 0 spiro atoms. The van der Waals surface area contributed by atoms with Gasteiger partial charge in [-0.2, -0.15) is 0 Å². The highest BCUT2D eigenvalue weighted by Crippen LogP contribution is 2.22. The van der Waals surface area contributed by atoms with Gasteiger partial charge in [0.2, 0.25) is 0 Å². The van der Waals surface area contributed by atoms with Gasteiger partial charge in [-0.3, -0.25) is 9.59 Å². The van der Waals surface area contributed by atoms with Crippen LogP contribution in [0.2, 0.25) is 0 Å². The zero-order valence-electron chi connectivity index (χ0n) is 8.71. The van der Waals surface area contributed by atoms with Crippen molar-refractivity contribution >= 4 is 11.9 Å². The lowest BCUT2D eigenvalue weighted by Gasteiger charge is -2.10. The van der Waals surface area contributed by atoms with Crippen LogP contribution in [0.5, 0.6) is 5.75 Å². The van der Waals surface area contributed by atoms with Crippen molar-refractivity contribution in [1.82, 2.24) is 0 Å². The van der Waals surface area contributed by atoms with Crippen LogP contribution in [-0.4, -0.2) is 29.3 Å². The van der Waals surface area contributed by atoms with Gasteiger partial charge < -0.3 is 14.9 Å². The number of aliphatic carboxylic acids is 2. The molecule has 0 fully saturated rings. The topological polar surface area (TPSA) is 83.8 Å². The normalized spacial score (nSPS) is 11.8. The highest BCUT2D eigenvalue weighted by atomic mass is 16.5. The molecule has 16 heavy (non-hydrogen) atoms. The molecule has 0 heterocycles. The Labute approximate surface area is 92.3 Å². The minimum absolute atomic E-state index is 0.429. The van der Waals surface area contributed by atoms with Gasteiger partial charge in [-0.15, -0.1) is 0 Å². The Morgan fingerprint density at radius 1 is 1.25 bits per heavy atom. The number of hydrogen-bond donors (Lipinski definition) is 2. The van der Waals surface area contributed by atoms with E-state index in [-0.39, 0.29) is 0 Å². The van der Waals surface area contributed by atoms with Crippen LogP contribution in [0, 0.1) is 0 Å². The van der Waals surface area contributed by atoms with Crippen molar-refractivity contribution in [1.29, 1.82) is 0 Å². The molecule has 0 amide bonds. The third-order valence-electron chi connectivity index (χ3n) is 2.20. The maximum absolute atomic E-state index is 10.9. The molecule has 2 N–H and O–H groups in total. The summed E-state index contributed by atoms with van der Waals surface area (Å²) in [5, 5.41) is 17.5. The number of ether oxygens (including phenoxy) is 1. The van der Waals surface area contributed by atoms with Gasteiger partial charge in [0, 0.05) is 0 Å². The van der Waals surface area contributed by atoms with Crippen molar-refractivity contribution in [2.45, 2.75) is 12.3 Å². The monoisotopic (exact) mass is 224 g/mol. The molecule has 0 aliphatic carbocycles. The van der Waals surface area contributed by atoms with Crippen LogP contribution in [-0.2, 0) is 9.59 Å². The van der Waals surface area contributed by atoms with Crippen LogP contribution in [0.25, 0.3) is 0 Å². The standard InChI is InChI=1S/C11H12O5/c1-16-8-4-2-7(3-5-8)9(11(14)15)6-10(12)13/h2-5,9H,6H2,1H3,(H,12,13)(H,14,15)/t9-/m0/s1. The predicted molar refractivity (Wildman–Crippen MR) is 55.6 cm³/mol. The molecule has 5 heteroatoms. The second-order valence-electron chi connectivity index (χ2n) is 3.26. The minimum atomic E-state index is -1.15. The molecule has 1 aromatic carbocycles. The lowest BCUT2D eigenvalue weighted by Crippen LogP contribution is -2.15. The molecule has 1 aromatic rings.